The molecule has 85 valence electrons. The van der Waals surface area contributed by atoms with Gasteiger partial charge in [-0.1, -0.05) is 41.4 Å². The number of carbonyl (C=O) groups excluding carboxylic acids is 1. The second kappa shape index (κ2) is 5.21. The smallest absolute Gasteiger partial charge is 0.255 e. The van der Waals surface area contributed by atoms with E-state index in [1.165, 1.54) is 0 Å². The number of nitrogens with one attached hydrogen (secondary N) is 1. The molecule has 0 atom stereocenters. The molecule has 1 amide bonds. The fraction of sp³-hybridized carbons (Fsp3) is 0. The van der Waals surface area contributed by atoms with Crippen molar-refractivity contribution in [1.29, 1.82) is 0 Å². The summed E-state index contributed by atoms with van der Waals surface area (Å²) in [6.45, 7) is 0. The lowest BCUT2D eigenvalue weighted by molar-refractivity contribution is 0.102. The van der Waals surface area contributed by atoms with Crippen LogP contribution in [0.4, 0.5) is 5.69 Å². The van der Waals surface area contributed by atoms with Gasteiger partial charge < -0.3 is 5.32 Å². The van der Waals surface area contributed by atoms with E-state index in [-0.39, 0.29) is 5.91 Å². The van der Waals surface area contributed by atoms with Crippen molar-refractivity contribution in [2.24, 2.45) is 0 Å². The summed E-state index contributed by atoms with van der Waals surface area (Å²) < 4.78 is 0. The minimum absolute atomic E-state index is 0.205. The minimum Gasteiger partial charge on any atom is -0.322 e. The highest BCUT2D eigenvalue weighted by atomic mass is 35.5. The summed E-state index contributed by atoms with van der Waals surface area (Å²) in [6, 6.07) is 14.8. The molecular weight excluding hydrogens is 257 g/mol. The van der Waals surface area contributed by atoms with Crippen LogP contribution in [0.5, 0.6) is 0 Å². The topological polar surface area (TPSA) is 29.1 Å². The van der Waals surface area contributed by atoms with Gasteiger partial charge in [0.1, 0.15) is 0 Å². The Labute approximate surface area is 109 Å². The highest BCUT2D eigenvalue weighted by Crippen LogP contribution is 2.22. The monoisotopic (exact) mass is 264 g/mol. The Kier molecular flexibility index (Phi) is 3.67. The van der Waals surface area contributed by atoms with Crippen molar-refractivity contribution >= 4 is 34.8 Å². The van der Waals surface area contributed by atoms with Gasteiger partial charge in [-0.25, -0.2) is 0 Å². The standard InChI is InChI=1S/C13H8Cl2NO/c14-10-6-11(15)8-12(7-10)16-13(17)9-4-2-1-3-5-9/h1-5,7-8H,(H,16,17). The van der Waals surface area contributed by atoms with Crippen LogP contribution in [-0.4, -0.2) is 5.91 Å². The molecule has 0 aliphatic carbocycles. The molecule has 0 unspecified atom stereocenters. The van der Waals surface area contributed by atoms with E-state index in [0.717, 1.165) is 0 Å². The number of hydrogen-bond acceptors (Lipinski definition) is 1. The van der Waals surface area contributed by atoms with Gasteiger partial charge in [-0.3, -0.25) is 4.79 Å². The van der Waals surface area contributed by atoms with E-state index in [1.54, 1.807) is 36.4 Å². The minimum atomic E-state index is -0.205. The molecule has 0 aliphatic rings. The summed E-state index contributed by atoms with van der Waals surface area (Å²) in [5, 5.41) is 3.44. The van der Waals surface area contributed by atoms with Crippen LogP contribution in [0.1, 0.15) is 10.4 Å². The molecule has 0 spiro atoms. The van der Waals surface area contributed by atoms with Gasteiger partial charge in [0.05, 0.1) is 10.0 Å². The molecule has 1 N–H and O–H groups in total. The quantitative estimate of drug-likeness (QED) is 0.872. The third-order valence-corrected chi connectivity index (χ3v) is 2.50. The van der Waals surface area contributed by atoms with E-state index in [2.05, 4.69) is 11.4 Å². The zero-order valence-corrected chi connectivity index (χ0v) is 10.2. The number of halogens is 2. The maximum atomic E-state index is 11.8. The number of rotatable bonds is 2. The first kappa shape index (κ1) is 12.0. The Bertz CT molecular complexity index is 520. The average molecular weight is 265 g/mol. The molecule has 2 rings (SSSR count). The van der Waals surface area contributed by atoms with Crippen molar-refractivity contribution in [2.75, 3.05) is 5.32 Å². The second-order valence-corrected chi connectivity index (χ2v) is 4.20. The maximum Gasteiger partial charge on any atom is 0.255 e. The van der Waals surface area contributed by atoms with E-state index in [0.29, 0.717) is 21.3 Å². The van der Waals surface area contributed by atoms with E-state index in [4.69, 9.17) is 23.2 Å². The Morgan fingerprint density at radius 1 is 1.06 bits per heavy atom. The van der Waals surface area contributed by atoms with Gasteiger partial charge in [-0.05, 0) is 24.3 Å². The van der Waals surface area contributed by atoms with Gasteiger partial charge >= 0.3 is 0 Å². The molecule has 4 heteroatoms. The molecule has 0 aliphatic heterocycles. The Morgan fingerprint density at radius 3 is 2.24 bits per heavy atom. The highest BCUT2D eigenvalue weighted by Gasteiger charge is 2.06. The third-order valence-electron chi connectivity index (χ3n) is 2.10. The highest BCUT2D eigenvalue weighted by molar-refractivity contribution is 6.34. The van der Waals surface area contributed by atoms with Gasteiger partial charge in [-0.15, -0.1) is 0 Å². The number of benzene rings is 2. The lowest BCUT2D eigenvalue weighted by Crippen LogP contribution is -2.11. The Hall–Kier alpha value is -1.51. The first-order chi connectivity index (χ1) is 8.15. The summed E-state index contributed by atoms with van der Waals surface area (Å²) in [4.78, 5) is 11.8. The van der Waals surface area contributed by atoms with E-state index >= 15 is 0 Å². The van der Waals surface area contributed by atoms with Crippen molar-refractivity contribution in [2.45, 2.75) is 0 Å². The van der Waals surface area contributed by atoms with Gasteiger partial charge in [-0.2, -0.15) is 0 Å². The van der Waals surface area contributed by atoms with Crippen molar-refractivity contribution in [1.82, 2.24) is 0 Å². The molecule has 17 heavy (non-hydrogen) atoms. The van der Waals surface area contributed by atoms with Crippen molar-refractivity contribution < 1.29 is 4.79 Å². The molecule has 2 aromatic rings. The summed E-state index contributed by atoms with van der Waals surface area (Å²) in [7, 11) is 0. The van der Waals surface area contributed by atoms with Crippen LogP contribution in [0.25, 0.3) is 0 Å². The van der Waals surface area contributed by atoms with Crippen LogP contribution < -0.4 is 5.32 Å². The SMILES string of the molecule is O=C(Nc1cc(Cl)[c]c(Cl)c1)c1ccccc1. The van der Waals surface area contributed by atoms with Gasteiger partial charge in [0.2, 0.25) is 0 Å². The molecule has 0 bridgehead atoms. The Morgan fingerprint density at radius 2 is 1.65 bits per heavy atom. The predicted molar refractivity (Wildman–Crippen MR) is 69.7 cm³/mol. The van der Waals surface area contributed by atoms with Crippen molar-refractivity contribution in [3.8, 4) is 0 Å². The average Bonchev–Trinajstić information content (AvgIpc) is 2.28. The lowest BCUT2D eigenvalue weighted by atomic mass is 10.2. The zero-order valence-electron chi connectivity index (χ0n) is 8.71. The van der Waals surface area contributed by atoms with Crippen LogP contribution in [0, 0.1) is 6.07 Å². The summed E-state index contributed by atoms with van der Waals surface area (Å²) in [5.74, 6) is -0.205. The van der Waals surface area contributed by atoms with Crippen LogP contribution in [0.2, 0.25) is 10.0 Å². The van der Waals surface area contributed by atoms with Gasteiger partial charge in [0, 0.05) is 17.3 Å². The summed E-state index contributed by atoms with van der Waals surface area (Å²) in [6.07, 6.45) is 0. The van der Waals surface area contributed by atoms with Gasteiger partial charge in [0.15, 0.2) is 0 Å². The van der Waals surface area contributed by atoms with Crippen LogP contribution in [0.3, 0.4) is 0 Å². The van der Waals surface area contributed by atoms with Gasteiger partial charge in [0.25, 0.3) is 5.91 Å². The van der Waals surface area contributed by atoms with E-state index in [9.17, 15) is 4.79 Å². The summed E-state index contributed by atoms with van der Waals surface area (Å²) >= 11 is 11.6. The zero-order chi connectivity index (χ0) is 12.3. The molecule has 0 saturated heterocycles. The number of hydrogen-bond donors (Lipinski definition) is 1. The largest absolute Gasteiger partial charge is 0.322 e. The van der Waals surface area contributed by atoms with E-state index in [1.807, 2.05) is 6.07 Å². The van der Waals surface area contributed by atoms with Crippen LogP contribution in [-0.2, 0) is 0 Å². The molecule has 2 aromatic carbocycles. The van der Waals surface area contributed by atoms with Crippen molar-refractivity contribution in [3.05, 3.63) is 64.1 Å². The number of amides is 1. The Balaban J connectivity index is 2.19. The lowest BCUT2D eigenvalue weighted by Gasteiger charge is -2.05. The molecule has 0 fully saturated rings. The molecule has 1 radical (unpaired) electrons. The second-order valence-electron chi connectivity index (χ2n) is 3.39. The third kappa shape index (κ3) is 3.22. The van der Waals surface area contributed by atoms with Crippen LogP contribution in [0.15, 0.2) is 42.5 Å². The fourth-order valence-corrected chi connectivity index (χ4v) is 1.85. The first-order valence-corrected chi connectivity index (χ1v) is 5.65. The molecule has 2 nitrogen and oxygen atoms in total. The first-order valence-electron chi connectivity index (χ1n) is 4.90. The molecule has 0 saturated carbocycles. The predicted octanol–water partition coefficient (Wildman–Crippen LogP) is 4.05. The molecular formula is C13H8Cl2NO. The normalized spacial score (nSPS) is 10.0. The summed E-state index contributed by atoms with van der Waals surface area (Å²) in [5.41, 5.74) is 1.13. The molecule has 0 heterocycles. The van der Waals surface area contributed by atoms with E-state index < -0.39 is 0 Å². The fourth-order valence-electron chi connectivity index (χ4n) is 1.37. The molecule has 0 aromatic heterocycles. The maximum absolute atomic E-state index is 11.8. The number of carbonyl (C=O) groups is 1. The van der Waals surface area contributed by atoms with Crippen LogP contribution >= 0.6 is 23.2 Å². The number of anilines is 1. The van der Waals surface area contributed by atoms with Crippen molar-refractivity contribution in [3.63, 3.8) is 0 Å².